The molecule has 4 nitrogen and oxygen atoms in total. The molecule has 1 fully saturated rings. The number of oxime groups is 1. The molecule has 4 heteroatoms. The largest absolute Gasteiger partial charge is 0.409 e. The standard InChI is InChI=1S/C16H25N3O/c1-12-11-14(9-10-15(12)16(17)18-20)19(2)13-7-5-3-4-6-8-13/h9-11,13,20H,3-8H2,1-2H3,(H2,17,18). The van der Waals surface area contributed by atoms with Crippen LogP contribution in [-0.4, -0.2) is 24.1 Å². The number of nitrogens with zero attached hydrogens (tertiary/aromatic N) is 2. The van der Waals surface area contributed by atoms with Crippen LogP contribution in [0.3, 0.4) is 0 Å². The van der Waals surface area contributed by atoms with Crippen LogP contribution in [0, 0.1) is 6.92 Å². The Bertz CT molecular complexity index is 477. The van der Waals surface area contributed by atoms with Crippen molar-refractivity contribution in [1.82, 2.24) is 0 Å². The molecular weight excluding hydrogens is 250 g/mol. The summed E-state index contributed by atoms with van der Waals surface area (Å²) in [6, 6.07) is 6.75. The molecule has 1 aromatic rings. The summed E-state index contributed by atoms with van der Waals surface area (Å²) in [7, 11) is 2.17. The van der Waals surface area contributed by atoms with E-state index in [4.69, 9.17) is 10.9 Å². The Labute approximate surface area is 121 Å². The molecule has 0 aromatic heterocycles. The normalized spacial score (nSPS) is 17.8. The number of nitrogens with two attached hydrogens (primary N) is 1. The van der Waals surface area contributed by atoms with Gasteiger partial charge in [0.15, 0.2) is 5.84 Å². The average Bonchev–Trinajstić information content (AvgIpc) is 2.74. The first-order chi connectivity index (χ1) is 9.63. The summed E-state index contributed by atoms with van der Waals surface area (Å²) in [6.07, 6.45) is 7.94. The van der Waals surface area contributed by atoms with Gasteiger partial charge >= 0.3 is 0 Å². The van der Waals surface area contributed by atoms with Gasteiger partial charge in [0.1, 0.15) is 0 Å². The van der Waals surface area contributed by atoms with E-state index in [0.717, 1.165) is 11.1 Å². The van der Waals surface area contributed by atoms with Crippen LogP contribution in [0.1, 0.15) is 49.7 Å². The number of hydrogen-bond donors (Lipinski definition) is 2. The molecule has 0 aliphatic heterocycles. The van der Waals surface area contributed by atoms with Crippen molar-refractivity contribution in [3.63, 3.8) is 0 Å². The minimum Gasteiger partial charge on any atom is -0.409 e. The van der Waals surface area contributed by atoms with Gasteiger partial charge in [-0.1, -0.05) is 30.8 Å². The number of aryl methyl sites for hydroxylation is 1. The van der Waals surface area contributed by atoms with Gasteiger partial charge in [-0.15, -0.1) is 0 Å². The molecule has 0 radical (unpaired) electrons. The monoisotopic (exact) mass is 275 g/mol. The van der Waals surface area contributed by atoms with Crippen molar-refractivity contribution in [3.8, 4) is 0 Å². The predicted octanol–water partition coefficient (Wildman–Crippen LogP) is 3.25. The van der Waals surface area contributed by atoms with Crippen LogP contribution in [0.15, 0.2) is 23.4 Å². The number of benzene rings is 1. The van der Waals surface area contributed by atoms with E-state index < -0.39 is 0 Å². The first kappa shape index (κ1) is 14.7. The van der Waals surface area contributed by atoms with Crippen LogP contribution in [0.2, 0.25) is 0 Å². The predicted molar refractivity (Wildman–Crippen MR) is 83.6 cm³/mol. The molecule has 1 aliphatic carbocycles. The second-order valence-electron chi connectivity index (χ2n) is 5.74. The Balaban J connectivity index is 2.17. The van der Waals surface area contributed by atoms with E-state index in [-0.39, 0.29) is 5.84 Å². The zero-order chi connectivity index (χ0) is 14.5. The summed E-state index contributed by atoms with van der Waals surface area (Å²) >= 11 is 0. The lowest BCUT2D eigenvalue weighted by molar-refractivity contribution is 0.318. The Morgan fingerprint density at radius 2 is 1.90 bits per heavy atom. The topological polar surface area (TPSA) is 61.8 Å². The molecule has 0 spiro atoms. The number of hydrogen-bond acceptors (Lipinski definition) is 3. The van der Waals surface area contributed by atoms with Crippen molar-refractivity contribution < 1.29 is 5.21 Å². The lowest BCUT2D eigenvalue weighted by Gasteiger charge is -2.29. The van der Waals surface area contributed by atoms with Gasteiger partial charge in [-0.2, -0.15) is 0 Å². The van der Waals surface area contributed by atoms with Crippen molar-refractivity contribution in [2.75, 3.05) is 11.9 Å². The molecule has 1 aliphatic rings. The second-order valence-corrected chi connectivity index (χ2v) is 5.74. The highest BCUT2D eigenvalue weighted by atomic mass is 16.4. The van der Waals surface area contributed by atoms with E-state index in [2.05, 4.69) is 29.2 Å². The first-order valence-corrected chi connectivity index (χ1v) is 7.45. The summed E-state index contributed by atoms with van der Waals surface area (Å²) in [4.78, 5) is 2.38. The zero-order valence-corrected chi connectivity index (χ0v) is 12.5. The van der Waals surface area contributed by atoms with Crippen molar-refractivity contribution in [3.05, 3.63) is 29.3 Å². The summed E-state index contributed by atoms with van der Waals surface area (Å²) in [5.74, 6) is 0.172. The number of anilines is 1. The Hall–Kier alpha value is -1.71. The maximum Gasteiger partial charge on any atom is 0.170 e. The Morgan fingerprint density at radius 1 is 1.25 bits per heavy atom. The third kappa shape index (κ3) is 3.24. The highest BCUT2D eigenvalue weighted by molar-refractivity contribution is 5.98. The molecule has 0 saturated heterocycles. The summed E-state index contributed by atoms with van der Waals surface area (Å²) in [5, 5.41) is 11.9. The van der Waals surface area contributed by atoms with Crippen LogP contribution < -0.4 is 10.6 Å². The Morgan fingerprint density at radius 3 is 2.45 bits per heavy atom. The Kier molecular flexibility index (Phi) is 4.88. The van der Waals surface area contributed by atoms with Gasteiger partial charge in [0, 0.05) is 24.3 Å². The molecule has 0 bridgehead atoms. The number of amidine groups is 1. The van der Waals surface area contributed by atoms with E-state index in [9.17, 15) is 0 Å². The maximum atomic E-state index is 8.78. The summed E-state index contributed by atoms with van der Waals surface area (Å²) < 4.78 is 0. The van der Waals surface area contributed by atoms with Gasteiger partial charge in [-0.25, -0.2) is 0 Å². The molecule has 3 N–H and O–H groups in total. The molecule has 0 unspecified atom stereocenters. The van der Waals surface area contributed by atoms with Gasteiger partial charge in [-0.05, 0) is 43.5 Å². The molecular formula is C16H25N3O. The summed E-state index contributed by atoms with van der Waals surface area (Å²) in [6.45, 7) is 2.00. The maximum absolute atomic E-state index is 8.78. The third-order valence-electron chi connectivity index (χ3n) is 4.37. The van der Waals surface area contributed by atoms with Gasteiger partial charge < -0.3 is 15.8 Å². The van der Waals surface area contributed by atoms with Crippen molar-refractivity contribution in [1.29, 1.82) is 0 Å². The van der Waals surface area contributed by atoms with Crippen LogP contribution in [0.25, 0.3) is 0 Å². The van der Waals surface area contributed by atoms with Crippen LogP contribution >= 0.6 is 0 Å². The fourth-order valence-corrected chi connectivity index (χ4v) is 3.06. The van der Waals surface area contributed by atoms with Gasteiger partial charge in [0.25, 0.3) is 0 Å². The van der Waals surface area contributed by atoms with Crippen molar-refractivity contribution in [2.24, 2.45) is 10.9 Å². The average molecular weight is 275 g/mol. The van der Waals surface area contributed by atoms with Crippen LogP contribution in [-0.2, 0) is 0 Å². The molecule has 0 atom stereocenters. The van der Waals surface area contributed by atoms with Gasteiger partial charge in [-0.3, -0.25) is 0 Å². The highest BCUT2D eigenvalue weighted by Gasteiger charge is 2.18. The number of rotatable bonds is 3. The van der Waals surface area contributed by atoms with E-state index in [1.165, 1.54) is 44.2 Å². The fourth-order valence-electron chi connectivity index (χ4n) is 3.06. The minimum absolute atomic E-state index is 0.172. The van der Waals surface area contributed by atoms with E-state index in [1.807, 2.05) is 13.0 Å². The molecule has 1 saturated carbocycles. The third-order valence-corrected chi connectivity index (χ3v) is 4.37. The lowest BCUT2D eigenvalue weighted by atomic mass is 10.0. The molecule has 0 amide bonds. The molecule has 110 valence electrons. The second kappa shape index (κ2) is 6.64. The van der Waals surface area contributed by atoms with Crippen molar-refractivity contribution >= 4 is 11.5 Å². The lowest BCUT2D eigenvalue weighted by Crippen LogP contribution is -2.31. The van der Waals surface area contributed by atoms with Crippen LogP contribution in [0.5, 0.6) is 0 Å². The minimum atomic E-state index is 0.172. The SMILES string of the molecule is Cc1cc(N(C)C2CCCCCC2)ccc1/C(N)=N/O. The fraction of sp³-hybridized carbons (Fsp3) is 0.562. The molecule has 20 heavy (non-hydrogen) atoms. The van der Waals surface area contributed by atoms with Crippen LogP contribution in [0.4, 0.5) is 5.69 Å². The quantitative estimate of drug-likeness (QED) is 0.293. The molecule has 2 rings (SSSR count). The zero-order valence-electron chi connectivity index (χ0n) is 12.5. The summed E-state index contributed by atoms with van der Waals surface area (Å²) in [5.41, 5.74) is 8.72. The van der Waals surface area contributed by atoms with Gasteiger partial charge in [0.05, 0.1) is 0 Å². The molecule has 0 heterocycles. The van der Waals surface area contributed by atoms with E-state index in [0.29, 0.717) is 6.04 Å². The molecule has 1 aromatic carbocycles. The van der Waals surface area contributed by atoms with E-state index in [1.54, 1.807) is 0 Å². The first-order valence-electron chi connectivity index (χ1n) is 7.45. The van der Waals surface area contributed by atoms with E-state index >= 15 is 0 Å². The smallest absolute Gasteiger partial charge is 0.170 e. The highest BCUT2D eigenvalue weighted by Crippen LogP contribution is 2.26. The van der Waals surface area contributed by atoms with Crippen molar-refractivity contribution in [2.45, 2.75) is 51.5 Å². The van der Waals surface area contributed by atoms with Gasteiger partial charge in [0.2, 0.25) is 0 Å².